The van der Waals surface area contributed by atoms with Crippen LogP contribution in [0.3, 0.4) is 0 Å². The molecule has 3 heterocycles. The van der Waals surface area contributed by atoms with E-state index < -0.39 is 0 Å². The summed E-state index contributed by atoms with van der Waals surface area (Å²) in [4.78, 5) is 29.3. The van der Waals surface area contributed by atoms with E-state index in [4.69, 9.17) is 0 Å². The van der Waals surface area contributed by atoms with E-state index in [-0.39, 0.29) is 11.3 Å². The molecule has 1 saturated carbocycles. The number of carbonyl (C=O) groups is 2. The molecule has 2 amide bonds. The fourth-order valence-corrected chi connectivity index (χ4v) is 5.02. The fourth-order valence-electron chi connectivity index (χ4n) is 5.02. The van der Waals surface area contributed by atoms with Crippen molar-refractivity contribution in [3.8, 4) is 0 Å². The van der Waals surface area contributed by atoms with Crippen molar-refractivity contribution < 1.29 is 9.59 Å². The lowest BCUT2D eigenvalue weighted by Crippen LogP contribution is -2.39. The first-order chi connectivity index (χ1) is 12.6. The van der Waals surface area contributed by atoms with E-state index in [0.717, 1.165) is 52.0 Å². The molecule has 1 atom stereocenters. The number of aryl methyl sites for hydroxylation is 1. The molecule has 4 rings (SSSR count). The number of aromatic nitrogens is 2. The molecule has 1 aromatic rings. The Hall–Kier alpha value is -1.85. The largest absolute Gasteiger partial charge is 0.343 e. The van der Waals surface area contributed by atoms with Crippen molar-refractivity contribution in [3.63, 3.8) is 0 Å². The van der Waals surface area contributed by atoms with Gasteiger partial charge in [0.25, 0.3) is 5.91 Å². The van der Waals surface area contributed by atoms with Crippen molar-refractivity contribution in [2.75, 3.05) is 26.2 Å². The third-order valence-corrected chi connectivity index (χ3v) is 6.80. The van der Waals surface area contributed by atoms with Gasteiger partial charge in [0.15, 0.2) is 0 Å². The van der Waals surface area contributed by atoms with E-state index in [9.17, 15) is 9.59 Å². The quantitative estimate of drug-likeness (QED) is 0.813. The molecule has 1 aromatic heterocycles. The van der Waals surface area contributed by atoms with Gasteiger partial charge in [0.1, 0.15) is 5.69 Å². The minimum absolute atomic E-state index is 0.0526. The van der Waals surface area contributed by atoms with Gasteiger partial charge in [-0.1, -0.05) is 6.42 Å². The highest BCUT2D eigenvalue weighted by atomic mass is 16.2. The zero-order valence-electron chi connectivity index (χ0n) is 15.8. The molecule has 1 aliphatic carbocycles. The molecule has 3 fully saturated rings. The van der Waals surface area contributed by atoms with E-state index in [1.54, 1.807) is 4.68 Å². The van der Waals surface area contributed by atoms with Crippen LogP contribution in [0, 0.1) is 11.3 Å². The standard InChI is InChI=1S/C20H30N4O2/c1-2-24-13-8-17(21-24)19(26)23-14-16(20(15-23)9-5-10-20)6-7-18(25)22-11-3-4-12-22/h8,13,16H,2-7,9-12,14-15H2,1H3. The van der Waals surface area contributed by atoms with Gasteiger partial charge in [-0.25, -0.2) is 0 Å². The van der Waals surface area contributed by atoms with Crippen LogP contribution in [0.15, 0.2) is 12.3 Å². The van der Waals surface area contributed by atoms with Crippen LogP contribution in [0.25, 0.3) is 0 Å². The summed E-state index contributed by atoms with van der Waals surface area (Å²) < 4.78 is 1.80. The van der Waals surface area contributed by atoms with Gasteiger partial charge in [-0.05, 0) is 56.4 Å². The Morgan fingerprint density at radius 2 is 1.96 bits per heavy atom. The lowest BCUT2D eigenvalue weighted by molar-refractivity contribution is -0.130. The summed E-state index contributed by atoms with van der Waals surface area (Å²) in [5, 5.41) is 4.38. The molecular weight excluding hydrogens is 328 g/mol. The van der Waals surface area contributed by atoms with Gasteiger partial charge in [0, 0.05) is 45.3 Å². The first kappa shape index (κ1) is 17.6. The molecule has 1 unspecified atom stereocenters. The van der Waals surface area contributed by atoms with Crippen LogP contribution in [-0.2, 0) is 11.3 Å². The molecule has 142 valence electrons. The van der Waals surface area contributed by atoms with Crippen LogP contribution in [0.5, 0.6) is 0 Å². The highest BCUT2D eigenvalue weighted by molar-refractivity contribution is 5.92. The van der Waals surface area contributed by atoms with Crippen LogP contribution >= 0.6 is 0 Å². The zero-order valence-corrected chi connectivity index (χ0v) is 15.8. The fraction of sp³-hybridized carbons (Fsp3) is 0.750. The molecule has 2 aliphatic heterocycles. The van der Waals surface area contributed by atoms with Crippen LogP contribution in [0.2, 0.25) is 0 Å². The second-order valence-electron chi connectivity index (χ2n) is 8.28. The molecule has 6 heteroatoms. The van der Waals surface area contributed by atoms with Crippen LogP contribution in [0.1, 0.15) is 62.4 Å². The first-order valence-corrected chi connectivity index (χ1v) is 10.2. The van der Waals surface area contributed by atoms with Gasteiger partial charge in [0.05, 0.1) is 0 Å². The summed E-state index contributed by atoms with van der Waals surface area (Å²) in [5.74, 6) is 0.820. The van der Waals surface area contributed by atoms with Crippen molar-refractivity contribution >= 4 is 11.8 Å². The minimum Gasteiger partial charge on any atom is -0.343 e. The lowest BCUT2D eigenvalue weighted by atomic mass is 9.62. The molecule has 26 heavy (non-hydrogen) atoms. The van der Waals surface area contributed by atoms with Crippen molar-refractivity contribution in [1.29, 1.82) is 0 Å². The van der Waals surface area contributed by atoms with Gasteiger partial charge in [0.2, 0.25) is 5.91 Å². The van der Waals surface area contributed by atoms with Crippen molar-refractivity contribution in [3.05, 3.63) is 18.0 Å². The summed E-state index contributed by atoms with van der Waals surface area (Å²) in [6, 6.07) is 1.82. The number of nitrogens with zero attached hydrogens (tertiary/aromatic N) is 4. The maximum Gasteiger partial charge on any atom is 0.274 e. The van der Waals surface area contributed by atoms with Crippen LogP contribution in [0.4, 0.5) is 0 Å². The Labute approximate surface area is 155 Å². The summed E-state index contributed by atoms with van der Waals surface area (Å²) in [6.45, 7) is 6.28. The number of likely N-dealkylation sites (tertiary alicyclic amines) is 2. The zero-order chi connectivity index (χ0) is 18.1. The maximum atomic E-state index is 12.9. The Kier molecular flexibility index (Phi) is 4.76. The third kappa shape index (κ3) is 3.14. The van der Waals surface area contributed by atoms with Gasteiger partial charge < -0.3 is 9.80 Å². The molecule has 0 aromatic carbocycles. The monoisotopic (exact) mass is 358 g/mol. The summed E-state index contributed by atoms with van der Waals surface area (Å²) in [5.41, 5.74) is 0.809. The Bertz CT molecular complexity index is 673. The molecule has 1 spiro atoms. The highest BCUT2D eigenvalue weighted by Gasteiger charge is 2.51. The van der Waals surface area contributed by atoms with Crippen molar-refractivity contribution in [1.82, 2.24) is 19.6 Å². The average molecular weight is 358 g/mol. The molecular formula is C20H30N4O2. The molecule has 3 aliphatic rings. The predicted octanol–water partition coefficient (Wildman–Crippen LogP) is 2.55. The van der Waals surface area contributed by atoms with E-state index in [2.05, 4.69) is 5.10 Å². The Morgan fingerprint density at radius 1 is 1.19 bits per heavy atom. The number of carbonyl (C=O) groups excluding carboxylic acids is 2. The topological polar surface area (TPSA) is 58.4 Å². The number of rotatable bonds is 5. The van der Waals surface area contributed by atoms with E-state index in [1.165, 1.54) is 19.3 Å². The van der Waals surface area contributed by atoms with Crippen molar-refractivity contribution in [2.24, 2.45) is 11.3 Å². The van der Waals surface area contributed by atoms with Crippen LogP contribution in [-0.4, -0.2) is 57.6 Å². The van der Waals surface area contributed by atoms with E-state index in [1.807, 2.05) is 29.0 Å². The molecule has 2 saturated heterocycles. The Balaban J connectivity index is 1.39. The Morgan fingerprint density at radius 3 is 2.58 bits per heavy atom. The summed E-state index contributed by atoms with van der Waals surface area (Å²) >= 11 is 0. The SMILES string of the molecule is CCn1ccc(C(=O)N2CC(CCC(=O)N3CCCC3)C3(CCC3)C2)n1. The average Bonchev–Trinajstić information content (AvgIpc) is 3.37. The molecule has 6 nitrogen and oxygen atoms in total. The number of hydrogen-bond donors (Lipinski definition) is 0. The molecule has 0 radical (unpaired) electrons. The van der Waals surface area contributed by atoms with Gasteiger partial charge in [-0.2, -0.15) is 5.10 Å². The molecule has 0 N–H and O–H groups in total. The van der Waals surface area contributed by atoms with E-state index >= 15 is 0 Å². The second kappa shape index (κ2) is 7.05. The normalized spacial score (nSPS) is 24.3. The van der Waals surface area contributed by atoms with Gasteiger partial charge in [-0.3, -0.25) is 14.3 Å². The highest BCUT2D eigenvalue weighted by Crippen LogP contribution is 2.53. The molecule has 0 bridgehead atoms. The van der Waals surface area contributed by atoms with Gasteiger partial charge >= 0.3 is 0 Å². The van der Waals surface area contributed by atoms with Gasteiger partial charge in [-0.15, -0.1) is 0 Å². The smallest absolute Gasteiger partial charge is 0.274 e. The lowest BCUT2D eigenvalue weighted by Gasteiger charge is -2.42. The van der Waals surface area contributed by atoms with Crippen LogP contribution < -0.4 is 0 Å². The first-order valence-electron chi connectivity index (χ1n) is 10.2. The predicted molar refractivity (Wildman–Crippen MR) is 98.6 cm³/mol. The number of hydrogen-bond acceptors (Lipinski definition) is 3. The minimum atomic E-state index is 0.0526. The summed E-state index contributed by atoms with van der Waals surface area (Å²) in [6.07, 6.45) is 9.36. The number of amides is 2. The maximum absolute atomic E-state index is 12.9. The third-order valence-electron chi connectivity index (χ3n) is 6.80. The second-order valence-corrected chi connectivity index (χ2v) is 8.28. The van der Waals surface area contributed by atoms with Crippen molar-refractivity contribution in [2.45, 2.75) is 58.4 Å². The van der Waals surface area contributed by atoms with E-state index in [0.29, 0.717) is 23.9 Å². The summed E-state index contributed by atoms with van der Waals surface area (Å²) in [7, 11) is 0.